The van der Waals surface area contributed by atoms with Gasteiger partial charge >= 0.3 is 0 Å². The third-order valence-corrected chi connectivity index (χ3v) is 5.77. The minimum atomic E-state index is 0.318. The first-order valence-corrected chi connectivity index (χ1v) is 8.23. The minimum absolute atomic E-state index is 0.318. The molecule has 2 aliphatic rings. The van der Waals surface area contributed by atoms with Gasteiger partial charge in [-0.3, -0.25) is 0 Å². The van der Waals surface area contributed by atoms with Gasteiger partial charge in [0.15, 0.2) is 5.58 Å². The highest BCUT2D eigenvalue weighted by Gasteiger charge is 2.44. The van der Waals surface area contributed by atoms with Gasteiger partial charge in [0.1, 0.15) is 11.9 Å². The van der Waals surface area contributed by atoms with Crippen molar-refractivity contribution >= 4 is 32.7 Å². The Morgan fingerprint density at radius 1 is 1.33 bits per heavy atom. The van der Waals surface area contributed by atoms with E-state index in [0.717, 1.165) is 15.7 Å². The Bertz CT molecular complexity index is 732. The molecule has 5 heteroatoms. The smallest absolute Gasteiger partial charge is 0.204 e. The summed E-state index contributed by atoms with van der Waals surface area (Å²) in [5.41, 5.74) is 1.35. The van der Waals surface area contributed by atoms with Gasteiger partial charge in [0.2, 0.25) is 5.76 Å². The van der Waals surface area contributed by atoms with E-state index in [4.69, 9.17) is 9.68 Å². The molecule has 2 aromatic heterocycles. The number of furan rings is 1. The summed E-state index contributed by atoms with van der Waals surface area (Å²) < 4.78 is 6.28. The summed E-state index contributed by atoms with van der Waals surface area (Å²) in [6, 6.07) is 4.28. The van der Waals surface area contributed by atoms with E-state index >= 15 is 0 Å². The second-order valence-electron chi connectivity index (χ2n) is 6.34. The summed E-state index contributed by atoms with van der Waals surface area (Å²) in [5, 5.41) is 13.4. The predicted octanol–water partition coefficient (Wildman–Crippen LogP) is 4.60. The van der Waals surface area contributed by atoms with E-state index in [1.54, 1.807) is 12.3 Å². The molecule has 0 aliphatic heterocycles. The first-order valence-electron chi connectivity index (χ1n) is 7.44. The van der Waals surface area contributed by atoms with Crippen molar-refractivity contribution in [2.45, 2.75) is 44.6 Å². The van der Waals surface area contributed by atoms with Crippen LogP contribution in [0.4, 0.5) is 5.82 Å². The topological polar surface area (TPSA) is 61.9 Å². The lowest BCUT2D eigenvalue weighted by atomic mass is 9.83. The fourth-order valence-corrected chi connectivity index (χ4v) is 3.91. The molecule has 1 spiro atoms. The second kappa shape index (κ2) is 4.74. The molecule has 2 fully saturated rings. The Balaban J connectivity index is 1.56. The van der Waals surface area contributed by atoms with E-state index in [0.29, 0.717) is 22.8 Å². The molecule has 2 heterocycles. The average Bonchev–Trinajstić information content (AvgIpc) is 3.11. The van der Waals surface area contributed by atoms with Gasteiger partial charge in [-0.15, -0.1) is 0 Å². The fourth-order valence-electron chi connectivity index (χ4n) is 3.38. The van der Waals surface area contributed by atoms with Crippen LogP contribution in [0.25, 0.3) is 11.0 Å². The lowest BCUT2D eigenvalue weighted by Crippen LogP contribution is -2.27. The molecule has 0 saturated heterocycles. The maximum Gasteiger partial charge on any atom is 0.204 e. The Labute approximate surface area is 131 Å². The highest BCUT2D eigenvalue weighted by atomic mass is 79.9. The molecule has 0 unspecified atom stereocenters. The Morgan fingerprint density at radius 2 is 2.10 bits per heavy atom. The number of hydrogen-bond acceptors (Lipinski definition) is 4. The Kier molecular flexibility index (Phi) is 2.97. The zero-order valence-corrected chi connectivity index (χ0v) is 13.2. The number of anilines is 1. The van der Waals surface area contributed by atoms with Crippen molar-refractivity contribution in [2.75, 3.05) is 5.32 Å². The number of nitrogens with one attached hydrogen (secondary N) is 1. The number of halogens is 1. The number of rotatable bonds is 2. The summed E-state index contributed by atoms with van der Waals surface area (Å²) >= 11 is 3.59. The highest BCUT2D eigenvalue weighted by Crippen LogP contribution is 2.56. The molecular formula is C16H16BrN3O. The molecule has 0 amide bonds. The number of hydrogen-bond donors (Lipinski definition) is 1. The standard InChI is InChI=1S/C16H16BrN3O/c17-14-12-7-11(8-18)21-13(12)9-19-15(14)20-10-1-3-16(4-2-10)5-6-16/h7,9-10H,1-6H2,(H,19,20). The highest BCUT2D eigenvalue weighted by molar-refractivity contribution is 9.10. The van der Waals surface area contributed by atoms with Crippen molar-refractivity contribution in [3.63, 3.8) is 0 Å². The SMILES string of the molecule is N#Cc1cc2c(Br)c(NC3CCC4(CC3)CC4)ncc2o1. The van der Waals surface area contributed by atoms with Crippen LogP contribution >= 0.6 is 15.9 Å². The van der Waals surface area contributed by atoms with Gasteiger partial charge in [-0.05, 0) is 59.9 Å². The first-order chi connectivity index (χ1) is 10.2. The van der Waals surface area contributed by atoms with E-state index in [9.17, 15) is 0 Å². The molecule has 2 aliphatic carbocycles. The third kappa shape index (κ3) is 2.32. The van der Waals surface area contributed by atoms with Crippen LogP contribution in [0.5, 0.6) is 0 Å². The number of nitriles is 1. The normalized spacial score (nSPS) is 20.6. The maximum atomic E-state index is 8.92. The monoisotopic (exact) mass is 345 g/mol. The van der Waals surface area contributed by atoms with Crippen LogP contribution in [0.3, 0.4) is 0 Å². The molecule has 0 aromatic carbocycles. The number of pyridine rings is 1. The molecule has 2 saturated carbocycles. The van der Waals surface area contributed by atoms with Gasteiger partial charge < -0.3 is 9.73 Å². The molecule has 4 nitrogen and oxygen atoms in total. The fraction of sp³-hybridized carbons (Fsp3) is 0.500. The van der Waals surface area contributed by atoms with Gasteiger partial charge in [-0.1, -0.05) is 0 Å². The van der Waals surface area contributed by atoms with Gasteiger partial charge in [0, 0.05) is 17.5 Å². The molecule has 0 atom stereocenters. The van der Waals surface area contributed by atoms with Crippen molar-refractivity contribution in [1.29, 1.82) is 5.26 Å². The molecular weight excluding hydrogens is 330 g/mol. The van der Waals surface area contributed by atoms with E-state index in [1.807, 2.05) is 6.07 Å². The van der Waals surface area contributed by atoms with Crippen molar-refractivity contribution in [3.8, 4) is 6.07 Å². The van der Waals surface area contributed by atoms with Crippen LogP contribution in [0.2, 0.25) is 0 Å². The Hall–Kier alpha value is -1.54. The van der Waals surface area contributed by atoms with Gasteiger partial charge in [0.05, 0.1) is 10.7 Å². The average molecular weight is 346 g/mol. The van der Waals surface area contributed by atoms with Gasteiger partial charge in [-0.25, -0.2) is 4.98 Å². The van der Waals surface area contributed by atoms with Crippen LogP contribution < -0.4 is 5.32 Å². The van der Waals surface area contributed by atoms with Crippen molar-refractivity contribution in [3.05, 3.63) is 22.5 Å². The summed E-state index contributed by atoms with van der Waals surface area (Å²) in [6.07, 6.45) is 9.68. The van der Waals surface area contributed by atoms with E-state index in [-0.39, 0.29) is 0 Å². The van der Waals surface area contributed by atoms with Crippen LogP contribution in [0.1, 0.15) is 44.3 Å². The predicted molar refractivity (Wildman–Crippen MR) is 84.0 cm³/mol. The molecule has 0 bridgehead atoms. The number of aromatic nitrogens is 1. The molecule has 4 rings (SSSR count). The van der Waals surface area contributed by atoms with E-state index < -0.39 is 0 Å². The van der Waals surface area contributed by atoms with Gasteiger partial charge in [0.25, 0.3) is 0 Å². The first kappa shape index (κ1) is 13.1. The summed E-state index contributed by atoms with van der Waals surface area (Å²) in [7, 11) is 0. The van der Waals surface area contributed by atoms with Crippen molar-refractivity contribution in [1.82, 2.24) is 4.98 Å². The summed E-state index contributed by atoms with van der Waals surface area (Å²) in [6.45, 7) is 0. The zero-order valence-electron chi connectivity index (χ0n) is 11.7. The largest absolute Gasteiger partial charge is 0.444 e. The van der Waals surface area contributed by atoms with E-state index in [2.05, 4.69) is 26.2 Å². The van der Waals surface area contributed by atoms with E-state index in [1.165, 1.54) is 38.5 Å². The summed E-state index contributed by atoms with van der Waals surface area (Å²) in [5.74, 6) is 1.17. The summed E-state index contributed by atoms with van der Waals surface area (Å²) in [4.78, 5) is 4.44. The Morgan fingerprint density at radius 3 is 2.76 bits per heavy atom. The lowest BCUT2D eigenvalue weighted by molar-refractivity contribution is 0.317. The molecule has 108 valence electrons. The van der Waals surface area contributed by atoms with Crippen LogP contribution in [-0.4, -0.2) is 11.0 Å². The molecule has 0 radical (unpaired) electrons. The lowest BCUT2D eigenvalue weighted by Gasteiger charge is -2.29. The van der Waals surface area contributed by atoms with Crippen molar-refractivity contribution in [2.24, 2.45) is 5.41 Å². The molecule has 21 heavy (non-hydrogen) atoms. The van der Waals surface area contributed by atoms with Crippen LogP contribution in [-0.2, 0) is 0 Å². The quantitative estimate of drug-likeness (QED) is 0.863. The number of nitrogens with zero attached hydrogens (tertiary/aromatic N) is 2. The van der Waals surface area contributed by atoms with Crippen LogP contribution in [0.15, 0.2) is 21.2 Å². The maximum absolute atomic E-state index is 8.92. The van der Waals surface area contributed by atoms with Crippen LogP contribution in [0, 0.1) is 16.7 Å². The van der Waals surface area contributed by atoms with Gasteiger partial charge in [-0.2, -0.15) is 5.26 Å². The zero-order chi connectivity index (χ0) is 14.4. The third-order valence-electron chi connectivity index (χ3n) is 4.97. The molecule has 1 N–H and O–H groups in total. The second-order valence-corrected chi connectivity index (χ2v) is 7.13. The minimum Gasteiger partial charge on any atom is -0.444 e. The number of fused-ring (bicyclic) bond motifs is 1. The van der Waals surface area contributed by atoms with Crippen molar-refractivity contribution < 1.29 is 4.42 Å². The molecule has 2 aromatic rings.